The first-order chi connectivity index (χ1) is 7.70. The molecule has 1 aliphatic carbocycles. The Morgan fingerprint density at radius 2 is 1.94 bits per heavy atom. The molecule has 2 rings (SSSR count). The van der Waals surface area contributed by atoms with E-state index in [0.717, 1.165) is 19.5 Å². The smallest absolute Gasteiger partial charge is 0.221 e. The third kappa shape index (κ3) is 2.55. The molecule has 1 saturated heterocycles. The fourth-order valence-corrected chi connectivity index (χ4v) is 3.08. The summed E-state index contributed by atoms with van der Waals surface area (Å²) in [6.07, 6.45) is 6.01. The predicted octanol–water partition coefficient (Wildman–Crippen LogP) is 0.324. The van der Waals surface area contributed by atoms with E-state index in [1.165, 1.54) is 25.7 Å². The fourth-order valence-electron chi connectivity index (χ4n) is 3.08. The maximum atomic E-state index is 11.1. The van der Waals surface area contributed by atoms with Gasteiger partial charge in [-0.05, 0) is 45.7 Å². The summed E-state index contributed by atoms with van der Waals surface area (Å²) in [5.74, 6) is -0.0200. The van der Waals surface area contributed by atoms with E-state index in [4.69, 9.17) is 5.73 Å². The average Bonchev–Trinajstić information content (AvgIpc) is 2.78. The lowest BCUT2D eigenvalue weighted by Crippen LogP contribution is -2.41. The summed E-state index contributed by atoms with van der Waals surface area (Å²) < 4.78 is 0. The Hall–Kier alpha value is -0.610. The molecule has 1 aliphatic heterocycles. The molecule has 1 saturated carbocycles. The van der Waals surface area contributed by atoms with E-state index >= 15 is 0 Å². The lowest BCUT2D eigenvalue weighted by atomic mass is 9.90. The van der Waals surface area contributed by atoms with Crippen LogP contribution in [0.5, 0.6) is 0 Å². The van der Waals surface area contributed by atoms with Crippen molar-refractivity contribution in [3.8, 4) is 0 Å². The highest BCUT2D eigenvalue weighted by Crippen LogP contribution is 2.27. The van der Waals surface area contributed by atoms with Gasteiger partial charge in [0.2, 0.25) is 5.91 Å². The zero-order chi connectivity index (χ0) is 11.5. The molecule has 16 heavy (non-hydrogen) atoms. The zero-order valence-electron chi connectivity index (χ0n) is 10.1. The molecule has 1 heterocycles. The van der Waals surface area contributed by atoms with Crippen LogP contribution in [0.25, 0.3) is 0 Å². The Morgan fingerprint density at radius 3 is 2.44 bits per heavy atom. The van der Waals surface area contributed by atoms with Gasteiger partial charge in [-0.2, -0.15) is 0 Å². The van der Waals surface area contributed by atoms with Crippen molar-refractivity contribution in [2.24, 2.45) is 11.7 Å². The Morgan fingerprint density at radius 1 is 1.25 bits per heavy atom. The van der Waals surface area contributed by atoms with Crippen molar-refractivity contribution in [1.29, 1.82) is 0 Å². The molecule has 1 amide bonds. The number of likely N-dealkylation sites (tertiary alicyclic amines) is 1. The molecule has 0 radical (unpaired) electrons. The molecule has 92 valence electrons. The van der Waals surface area contributed by atoms with Crippen molar-refractivity contribution in [2.75, 3.05) is 20.1 Å². The Kier molecular flexibility index (Phi) is 3.82. The van der Waals surface area contributed by atoms with E-state index in [0.29, 0.717) is 12.1 Å². The zero-order valence-corrected chi connectivity index (χ0v) is 10.1. The van der Waals surface area contributed by atoms with Gasteiger partial charge in [-0.1, -0.05) is 0 Å². The second kappa shape index (κ2) is 5.15. The minimum absolute atomic E-state index is 0.0991. The van der Waals surface area contributed by atoms with Gasteiger partial charge in [0, 0.05) is 18.6 Å². The van der Waals surface area contributed by atoms with Crippen LogP contribution in [-0.2, 0) is 4.79 Å². The second-order valence-electron chi connectivity index (χ2n) is 5.18. The highest BCUT2D eigenvalue weighted by atomic mass is 16.1. The fraction of sp³-hybridized carbons (Fsp3) is 0.917. The number of carbonyl (C=O) groups excluding carboxylic acids is 1. The molecule has 0 aromatic carbocycles. The first-order valence-corrected chi connectivity index (χ1v) is 6.41. The van der Waals surface area contributed by atoms with Gasteiger partial charge in [0.15, 0.2) is 0 Å². The van der Waals surface area contributed by atoms with Crippen molar-refractivity contribution in [3.05, 3.63) is 0 Å². The minimum Gasteiger partial charge on any atom is -0.369 e. The third-order valence-corrected chi connectivity index (χ3v) is 4.24. The Bertz CT molecular complexity index is 249. The van der Waals surface area contributed by atoms with Gasteiger partial charge in [0.25, 0.3) is 0 Å². The van der Waals surface area contributed by atoms with Crippen LogP contribution in [0.3, 0.4) is 0 Å². The first kappa shape index (κ1) is 11.9. The lowest BCUT2D eigenvalue weighted by Gasteiger charge is -2.34. The average molecular weight is 225 g/mol. The monoisotopic (exact) mass is 225 g/mol. The van der Waals surface area contributed by atoms with Crippen LogP contribution in [0.2, 0.25) is 0 Å². The summed E-state index contributed by atoms with van der Waals surface area (Å²) in [6.45, 7) is 1.95. The number of hydrogen-bond donors (Lipinski definition) is 2. The van der Waals surface area contributed by atoms with Gasteiger partial charge in [-0.25, -0.2) is 0 Å². The number of hydrogen-bond acceptors (Lipinski definition) is 3. The van der Waals surface area contributed by atoms with E-state index < -0.39 is 0 Å². The van der Waals surface area contributed by atoms with E-state index in [1.807, 2.05) is 7.05 Å². The van der Waals surface area contributed by atoms with Gasteiger partial charge in [-0.15, -0.1) is 0 Å². The third-order valence-electron chi connectivity index (χ3n) is 4.24. The quantitative estimate of drug-likeness (QED) is 0.727. The summed E-state index contributed by atoms with van der Waals surface area (Å²) in [7, 11) is 2.05. The molecule has 1 unspecified atom stereocenters. The van der Waals surface area contributed by atoms with Crippen LogP contribution in [0.1, 0.15) is 32.1 Å². The molecule has 4 nitrogen and oxygen atoms in total. The lowest BCUT2D eigenvalue weighted by molar-refractivity contribution is -0.121. The molecule has 1 atom stereocenters. The second-order valence-corrected chi connectivity index (χ2v) is 5.18. The first-order valence-electron chi connectivity index (χ1n) is 6.41. The molecule has 2 fully saturated rings. The molecular weight excluding hydrogens is 202 g/mol. The van der Waals surface area contributed by atoms with Gasteiger partial charge < -0.3 is 11.1 Å². The normalized spacial score (nSPS) is 36.4. The summed E-state index contributed by atoms with van der Waals surface area (Å²) in [5.41, 5.74) is 5.36. The van der Waals surface area contributed by atoms with Gasteiger partial charge in [0.1, 0.15) is 0 Å². The van der Waals surface area contributed by atoms with Crippen LogP contribution in [0.15, 0.2) is 0 Å². The van der Waals surface area contributed by atoms with Crippen molar-refractivity contribution in [1.82, 2.24) is 10.2 Å². The summed E-state index contributed by atoms with van der Waals surface area (Å²) >= 11 is 0. The van der Waals surface area contributed by atoms with Gasteiger partial charge in [-0.3, -0.25) is 9.69 Å². The molecular formula is C12H23N3O. The number of primary amides is 1. The number of nitrogens with two attached hydrogens (primary N) is 1. The standard InChI is InChI=1S/C12H23N3O/c1-14-10-2-4-11(5-3-10)15-7-6-9(8-15)12(13)16/h9-11,14H,2-8H2,1H3,(H2,13,16). The maximum absolute atomic E-state index is 11.1. The van der Waals surface area contributed by atoms with Gasteiger partial charge in [0.05, 0.1) is 5.92 Å². The summed E-state index contributed by atoms with van der Waals surface area (Å²) in [4.78, 5) is 13.6. The van der Waals surface area contributed by atoms with Crippen LogP contribution < -0.4 is 11.1 Å². The Balaban J connectivity index is 1.80. The molecule has 3 N–H and O–H groups in total. The van der Waals surface area contributed by atoms with Crippen molar-refractivity contribution < 1.29 is 4.79 Å². The largest absolute Gasteiger partial charge is 0.369 e. The number of amides is 1. The summed E-state index contributed by atoms with van der Waals surface area (Å²) in [5, 5.41) is 3.35. The van der Waals surface area contributed by atoms with Crippen molar-refractivity contribution >= 4 is 5.91 Å². The molecule has 0 aromatic rings. The van der Waals surface area contributed by atoms with Crippen LogP contribution in [0.4, 0.5) is 0 Å². The highest BCUT2D eigenvalue weighted by molar-refractivity contribution is 5.77. The molecule has 4 heteroatoms. The van der Waals surface area contributed by atoms with Crippen LogP contribution >= 0.6 is 0 Å². The number of nitrogens with zero attached hydrogens (tertiary/aromatic N) is 1. The maximum Gasteiger partial charge on any atom is 0.221 e. The SMILES string of the molecule is CNC1CCC(N2CCC(C(N)=O)C2)CC1. The topological polar surface area (TPSA) is 58.4 Å². The number of rotatable bonds is 3. The van der Waals surface area contributed by atoms with Crippen molar-refractivity contribution in [3.63, 3.8) is 0 Å². The molecule has 0 bridgehead atoms. The summed E-state index contributed by atoms with van der Waals surface area (Å²) in [6, 6.07) is 1.39. The van der Waals surface area contributed by atoms with E-state index in [9.17, 15) is 4.79 Å². The molecule has 2 aliphatic rings. The molecule has 0 aromatic heterocycles. The van der Waals surface area contributed by atoms with E-state index in [-0.39, 0.29) is 11.8 Å². The van der Waals surface area contributed by atoms with Crippen LogP contribution in [0, 0.1) is 5.92 Å². The van der Waals surface area contributed by atoms with Crippen LogP contribution in [-0.4, -0.2) is 43.0 Å². The highest BCUT2D eigenvalue weighted by Gasteiger charge is 2.32. The van der Waals surface area contributed by atoms with Crippen molar-refractivity contribution in [2.45, 2.75) is 44.2 Å². The number of nitrogens with one attached hydrogen (secondary N) is 1. The Labute approximate surface area is 97.6 Å². The van der Waals surface area contributed by atoms with E-state index in [2.05, 4.69) is 10.2 Å². The van der Waals surface area contributed by atoms with E-state index in [1.54, 1.807) is 0 Å². The van der Waals surface area contributed by atoms with Gasteiger partial charge >= 0.3 is 0 Å². The number of carbonyl (C=O) groups is 1. The molecule has 0 spiro atoms. The predicted molar refractivity (Wildman–Crippen MR) is 64.0 cm³/mol. The minimum atomic E-state index is -0.119.